The van der Waals surface area contributed by atoms with Crippen LogP contribution in [-0.2, 0) is 0 Å². The molecule has 27 heavy (non-hydrogen) atoms. The van der Waals surface area contributed by atoms with E-state index < -0.39 is 0 Å². The Morgan fingerprint density at radius 1 is 1.04 bits per heavy atom. The highest BCUT2D eigenvalue weighted by Gasteiger charge is 2.17. The van der Waals surface area contributed by atoms with E-state index in [2.05, 4.69) is 71.9 Å². The highest BCUT2D eigenvalue weighted by Crippen LogP contribution is 2.31. The van der Waals surface area contributed by atoms with Crippen molar-refractivity contribution in [1.29, 1.82) is 0 Å². The first-order valence-corrected chi connectivity index (χ1v) is 9.92. The van der Waals surface area contributed by atoms with E-state index in [0.717, 1.165) is 35.6 Å². The lowest BCUT2D eigenvalue weighted by atomic mass is 9.89. The summed E-state index contributed by atoms with van der Waals surface area (Å²) in [5.74, 6) is 2.36. The molecule has 140 valence electrons. The number of nitrogens with one attached hydrogen (secondary N) is 2. The van der Waals surface area contributed by atoms with Crippen molar-refractivity contribution in [1.82, 2.24) is 15.3 Å². The topological polar surface area (TPSA) is 49.8 Å². The number of aromatic nitrogens is 2. The maximum atomic E-state index is 4.74. The van der Waals surface area contributed by atoms with Gasteiger partial charge in [0, 0.05) is 11.4 Å². The molecule has 2 aromatic carbocycles. The fourth-order valence-electron chi connectivity index (χ4n) is 4.01. The molecular formula is C23H28N4. The minimum atomic E-state index is 0.185. The zero-order chi connectivity index (χ0) is 18.8. The van der Waals surface area contributed by atoms with Crippen molar-refractivity contribution in [2.75, 3.05) is 18.4 Å². The van der Waals surface area contributed by atoms with E-state index in [1.165, 1.54) is 29.5 Å². The molecule has 1 aliphatic rings. The molecule has 0 saturated carbocycles. The van der Waals surface area contributed by atoms with Crippen LogP contribution in [0.5, 0.6) is 0 Å². The molecule has 0 bridgehead atoms. The average molecular weight is 361 g/mol. The predicted molar refractivity (Wildman–Crippen MR) is 112 cm³/mol. The van der Waals surface area contributed by atoms with Gasteiger partial charge in [0.2, 0.25) is 0 Å². The van der Waals surface area contributed by atoms with Gasteiger partial charge in [-0.05, 0) is 75.9 Å². The van der Waals surface area contributed by atoms with Gasteiger partial charge in [-0.2, -0.15) is 0 Å². The summed E-state index contributed by atoms with van der Waals surface area (Å²) in [7, 11) is 0. The van der Waals surface area contributed by atoms with Crippen LogP contribution in [0.15, 0.2) is 42.5 Å². The molecule has 1 atom stereocenters. The molecule has 3 aromatic rings. The summed E-state index contributed by atoms with van der Waals surface area (Å²) in [6.45, 7) is 8.48. The molecule has 1 aliphatic heterocycles. The SMILES string of the molecule is Cc1cccc([C@@H](C)Nc2nc(C)nc3ccc(C4CCNCC4)cc23)c1. The van der Waals surface area contributed by atoms with E-state index in [1.54, 1.807) is 0 Å². The number of fused-ring (bicyclic) bond motifs is 1. The molecule has 0 aliphatic carbocycles. The van der Waals surface area contributed by atoms with Crippen LogP contribution in [0.2, 0.25) is 0 Å². The van der Waals surface area contributed by atoms with Crippen molar-refractivity contribution in [3.63, 3.8) is 0 Å². The molecule has 0 radical (unpaired) electrons. The predicted octanol–water partition coefficient (Wildman–Crippen LogP) is 4.89. The van der Waals surface area contributed by atoms with Crippen LogP contribution in [-0.4, -0.2) is 23.1 Å². The van der Waals surface area contributed by atoms with Gasteiger partial charge >= 0.3 is 0 Å². The van der Waals surface area contributed by atoms with Gasteiger partial charge in [-0.3, -0.25) is 0 Å². The lowest BCUT2D eigenvalue weighted by Gasteiger charge is -2.23. The summed E-state index contributed by atoms with van der Waals surface area (Å²) >= 11 is 0. The summed E-state index contributed by atoms with van der Waals surface area (Å²) in [5, 5.41) is 8.21. The van der Waals surface area contributed by atoms with E-state index in [9.17, 15) is 0 Å². The number of benzene rings is 2. The fourth-order valence-corrected chi connectivity index (χ4v) is 4.01. The Hall–Kier alpha value is -2.46. The van der Waals surface area contributed by atoms with Gasteiger partial charge in [-0.1, -0.05) is 35.9 Å². The summed E-state index contributed by atoms with van der Waals surface area (Å²) in [6, 6.07) is 15.5. The Bertz CT molecular complexity index is 944. The van der Waals surface area contributed by atoms with Gasteiger partial charge in [0.15, 0.2) is 0 Å². The quantitative estimate of drug-likeness (QED) is 0.696. The van der Waals surface area contributed by atoms with Crippen LogP contribution in [0.4, 0.5) is 5.82 Å². The van der Waals surface area contributed by atoms with E-state index in [4.69, 9.17) is 4.98 Å². The summed E-state index contributed by atoms with van der Waals surface area (Å²) in [6.07, 6.45) is 2.39. The third-order valence-electron chi connectivity index (χ3n) is 5.54. The van der Waals surface area contributed by atoms with Gasteiger partial charge < -0.3 is 10.6 Å². The lowest BCUT2D eigenvalue weighted by Crippen LogP contribution is -2.26. The minimum Gasteiger partial charge on any atom is -0.363 e. The summed E-state index contributed by atoms with van der Waals surface area (Å²) in [4.78, 5) is 9.39. The Balaban J connectivity index is 1.69. The molecule has 1 aromatic heterocycles. The van der Waals surface area contributed by atoms with Crippen molar-refractivity contribution >= 4 is 16.7 Å². The van der Waals surface area contributed by atoms with Crippen molar-refractivity contribution < 1.29 is 0 Å². The zero-order valence-corrected chi connectivity index (χ0v) is 16.4. The molecule has 0 spiro atoms. The van der Waals surface area contributed by atoms with Gasteiger partial charge in [-0.25, -0.2) is 9.97 Å². The monoisotopic (exact) mass is 360 g/mol. The minimum absolute atomic E-state index is 0.185. The first kappa shape index (κ1) is 17.9. The Kier molecular flexibility index (Phi) is 5.08. The molecule has 4 nitrogen and oxygen atoms in total. The molecule has 0 unspecified atom stereocenters. The average Bonchev–Trinajstić information content (AvgIpc) is 2.68. The second-order valence-electron chi connectivity index (χ2n) is 7.70. The Labute approximate surface area is 161 Å². The number of aryl methyl sites for hydroxylation is 2. The molecule has 1 fully saturated rings. The molecule has 1 saturated heterocycles. The zero-order valence-electron chi connectivity index (χ0n) is 16.4. The van der Waals surface area contributed by atoms with E-state index in [-0.39, 0.29) is 6.04 Å². The van der Waals surface area contributed by atoms with Crippen LogP contribution in [0.1, 0.15) is 54.2 Å². The highest BCUT2D eigenvalue weighted by atomic mass is 15.0. The number of nitrogens with zero attached hydrogens (tertiary/aromatic N) is 2. The standard InChI is InChI=1S/C23H28N4/c1-15-5-4-6-19(13-15)16(2)25-23-21-14-20(18-9-11-24-12-10-18)7-8-22(21)26-17(3)27-23/h4-8,13-14,16,18,24H,9-12H2,1-3H3,(H,25,26,27)/t16-/m1/s1. The summed E-state index contributed by atoms with van der Waals surface area (Å²) in [5.41, 5.74) is 4.97. The number of hydrogen-bond acceptors (Lipinski definition) is 4. The normalized spacial score (nSPS) is 16.4. The molecular weight excluding hydrogens is 332 g/mol. The molecule has 2 N–H and O–H groups in total. The third-order valence-corrected chi connectivity index (χ3v) is 5.54. The van der Waals surface area contributed by atoms with Crippen molar-refractivity contribution in [2.45, 2.75) is 45.6 Å². The second kappa shape index (κ2) is 7.65. The number of rotatable bonds is 4. The van der Waals surface area contributed by atoms with Crippen LogP contribution < -0.4 is 10.6 Å². The summed E-state index contributed by atoms with van der Waals surface area (Å²) < 4.78 is 0. The second-order valence-corrected chi connectivity index (χ2v) is 7.70. The Morgan fingerprint density at radius 3 is 2.63 bits per heavy atom. The van der Waals surface area contributed by atoms with Crippen molar-refractivity contribution in [3.8, 4) is 0 Å². The van der Waals surface area contributed by atoms with Crippen LogP contribution in [0.25, 0.3) is 10.9 Å². The first-order chi connectivity index (χ1) is 13.1. The highest BCUT2D eigenvalue weighted by molar-refractivity contribution is 5.90. The van der Waals surface area contributed by atoms with E-state index in [1.807, 2.05) is 6.92 Å². The third kappa shape index (κ3) is 3.96. The van der Waals surface area contributed by atoms with E-state index in [0.29, 0.717) is 5.92 Å². The first-order valence-electron chi connectivity index (χ1n) is 9.92. The number of piperidine rings is 1. The maximum absolute atomic E-state index is 4.74. The molecule has 4 rings (SSSR count). The smallest absolute Gasteiger partial charge is 0.138 e. The fraction of sp³-hybridized carbons (Fsp3) is 0.391. The van der Waals surface area contributed by atoms with Crippen molar-refractivity contribution in [2.24, 2.45) is 0 Å². The molecule has 4 heteroatoms. The Morgan fingerprint density at radius 2 is 1.85 bits per heavy atom. The molecule has 0 amide bonds. The van der Waals surface area contributed by atoms with Gasteiger partial charge in [0.1, 0.15) is 11.6 Å². The number of anilines is 1. The largest absolute Gasteiger partial charge is 0.363 e. The number of hydrogen-bond donors (Lipinski definition) is 2. The van der Waals surface area contributed by atoms with Gasteiger partial charge in [-0.15, -0.1) is 0 Å². The van der Waals surface area contributed by atoms with Crippen LogP contribution in [0, 0.1) is 13.8 Å². The van der Waals surface area contributed by atoms with Crippen LogP contribution in [0.3, 0.4) is 0 Å². The lowest BCUT2D eigenvalue weighted by molar-refractivity contribution is 0.460. The van der Waals surface area contributed by atoms with Gasteiger partial charge in [0.25, 0.3) is 0 Å². The molecule has 2 heterocycles. The van der Waals surface area contributed by atoms with Crippen molar-refractivity contribution in [3.05, 3.63) is 65.0 Å². The van der Waals surface area contributed by atoms with Crippen LogP contribution >= 0.6 is 0 Å². The van der Waals surface area contributed by atoms with Gasteiger partial charge in [0.05, 0.1) is 5.52 Å². The maximum Gasteiger partial charge on any atom is 0.138 e. The van der Waals surface area contributed by atoms with E-state index >= 15 is 0 Å².